The number of carbonyl (C=O) groups excluding carboxylic acids is 1. The second kappa shape index (κ2) is 3.96. The van der Waals surface area contributed by atoms with Crippen LogP contribution in [-0.4, -0.2) is 23.6 Å². The van der Waals surface area contributed by atoms with Crippen molar-refractivity contribution < 1.29 is 24.0 Å². The van der Waals surface area contributed by atoms with Crippen LogP contribution in [-0.2, 0) is 24.0 Å². The monoisotopic (exact) mass is 282 g/mol. The number of hydrogen-bond acceptors (Lipinski definition) is 5. The summed E-state index contributed by atoms with van der Waals surface area (Å²) in [6.45, 7) is 6.06. The quantitative estimate of drug-likeness (QED) is 0.504. The lowest BCUT2D eigenvalue weighted by Crippen LogP contribution is -2.69. The summed E-state index contributed by atoms with van der Waals surface area (Å²) in [5.41, 5.74) is -0.610. The molecular weight excluding hydrogens is 260 g/mol. The Kier molecular flexibility index (Phi) is 2.58. The van der Waals surface area contributed by atoms with Gasteiger partial charge < -0.3 is 9.47 Å². The average molecular weight is 282 g/mol. The normalized spacial score (nSPS) is 57.8. The van der Waals surface area contributed by atoms with Crippen LogP contribution in [0.15, 0.2) is 0 Å². The molecule has 1 spiro atoms. The molecule has 4 saturated heterocycles. The van der Waals surface area contributed by atoms with Gasteiger partial charge in [0.15, 0.2) is 5.60 Å². The van der Waals surface area contributed by atoms with Gasteiger partial charge in [0.2, 0.25) is 12.1 Å². The van der Waals surface area contributed by atoms with Crippen LogP contribution in [0.4, 0.5) is 0 Å². The van der Waals surface area contributed by atoms with E-state index in [1.165, 1.54) is 0 Å². The molecule has 4 aliphatic heterocycles. The number of hydrogen-bond donors (Lipinski definition) is 0. The third-order valence-electron chi connectivity index (χ3n) is 5.97. The number of esters is 1. The number of ether oxygens (including phenoxy) is 2. The maximum atomic E-state index is 12.1. The first kappa shape index (κ1) is 13.0. The van der Waals surface area contributed by atoms with E-state index in [1.807, 2.05) is 13.8 Å². The fourth-order valence-corrected chi connectivity index (χ4v) is 4.76. The molecule has 0 N–H and O–H groups in total. The van der Waals surface area contributed by atoms with Gasteiger partial charge >= 0.3 is 5.97 Å². The molecule has 7 atom stereocenters. The van der Waals surface area contributed by atoms with Gasteiger partial charge in [0.1, 0.15) is 0 Å². The van der Waals surface area contributed by atoms with Crippen LogP contribution in [0.2, 0.25) is 0 Å². The second-order valence-corrected chi connectivity index (χ2v) is 7.14. The van der Waals surface area contributed by atoms with E-state index >= 15 is 0 Å². The zero-order valence-corrected chi connectivity index (χ0v) is 12.3. The summed E-state index contributed by atoms with van der Waals surface area (Å²) in [6, 6.07) is 0. The van der Waals surface area contributed by atoms with Gasteiger partial charge in [0.05, 0.1) is 5.92 Å². The number of rotatable bonds is 0. The molecule has 0 aromatic carbocycles. The molecule has 5 rings (SSSR count). The summed E-state index contributed by atoms with van der Waals surface area (Å²) in [5, 5.41) is 0. The molecular formula is C15H22O5. The van der Waals surface area contributed by atoms with Crippen LogP contribution < -0.4 is 0 Å². The van der Waals surface area contributed by atoms with Gasteiger partial charge in [-0.15, -0.1) is 0 Å². The molecule has 0 amide bonds. The fraction of sp³-hybridized carbons (Fsp3) is 0.933. The molecule has 5 fully saturated rings. The Morgan fingerprint density at radius 1 is 1.10 bits per heavy atom. The summed E-state index contributed by atoms with van der Waals surface area (Å²) in [6.07, 6.45) is 3.24. The Morgan fingerprint density at radius 3 is 2.70 bits per heavy atom. The Hall–Kier alpha value is -0.650. The van der Waals surface area contributed by atoms with Crippen molar-refractivity contribution in [1.29, 1.82) is 0 Å². The van der Waals surface area contributed by atoms with E-state index in [1.54, 1.807) is 0 Å². The van der Waals surface area contributed by atoms with Crippen molar-refractivity contribution in [3.8, 4) is 0 Å². The first-order valence-corrected chi connectivity index (χ1v) is 7.71. The summed E-state index contributed by atoms with van der Waals surface area (Å²) < 4.78 is 11.6. The molecule has 1 saturated carbocycles. The Labute approximate surface area is 118 Å². The summed E-state index contributed by atoms with van der Waals surface area (Å²) in [5.74, 6) is -0.137. The van der Waals surface area contributed by atoms with Crippen LogP contribution >= 0.6 is 0 Å². The van der Waals surface area contributed by atoms with Crippen LogP contribution in [0.25, 0.3) is 0 Å². The summed E-state index contributed by atoms with van der Waals surface area (Å²) in [7, 11) is 0. The molecule has 0 radical (unpaired) electrons. The Balaban J connectivity index is 1.84. The summed E-state index contributed by atoms with van der Waals surface area (Å²) >= 11 is 0. The van der Waals surface area contributed by atoms with E-state index in [9.17, 15) is 4.79 Å². The average Bonchev–Trinajstić information content (AvgIpc) is 2.63. The molecule has 5 aliphatic rings. The van der Waals surface area contributed by atoms with Crippen molar-refractivity contribution in [2.45, 2.75) is 64.1 Å². The molecule has 4 heterocycles. The van der Waals surface area contributed by atoms with Gasteiger partial charge in [-0.3, -0.25) is 4.79 Å². The van der Waals surface area contributed by atoms with Gasteiger partial charge in [0.25, 0.3) is 0 Å². The molecule has 3 unspecified atom stereocenters. The lowest BCUT2D eigenvalue weighted by atomic mass is 9.58. The predicted octanol–water partition coefficient (Wildman–Crippen LogP) is 2.39. The minimum atomic E-state index is -0.793. The zero-order chi connectivity index (χ0) is 14.1. The molecule has 0 aromatic heterocycles. The standard InChI is InChI=1S/C15H22O5/c1-8-4-5-11-9(2)12(16)17-13-15(11)10(8)6-7-14(3,18-13)19-20-15/h8-11,13H,4-7H2,1-3H3/t8-,9+,10?,11?,13-,14+,15?/m1/s1. The van der Waals surface area contributed by atoms with Gasteiger partial charge in [-0.1, -0.05) is 13.8 Å². The second-order valence-electron chi connectivity index (χ2n) is 7.14. The molecule has 0 aromatic rings. The van der Waals surface area contributed by atoms with E-state index in [0.717, 1.165) is 25.7 Å². The van der Waals surface area contributed by atoms with E-state index < -0.39 is 17.7 Å². The molecule has 112 valence electrons. The Bertz CT molecular complexity index is 452. The van der Waals surface area contributed by atoms with Gasteiger partial charge in [0, 0.05) is 18.3 Å². The molecule has 5 nitrogen and oxygen atoms in total. The van der Waals surface area contributed by atoms with E-state index in [-0.39, 0.29) is 17.8 Å². The smallest absolute Gasteiger partial charge is 0.311 e. The highest BCUT2D eigenvalue weighted by Crippen LogP contribution is 2.59. The van der Waals surface area contributed by atoms with Crippen molar-refractivity contribution in [3.63, 3.8) is 0 Å². The first-order valence-electron chi connectivity index (χ1n) is 7.71. The maximum Gasteiger partial charge on any atom is 0.311 e. The van der Waals surface area contributed by atoms with Crippen molar-refractivity contribution in [2.24, 2.45) is 23.7 Å². The SMILES string of the molecule is C[C@@H]1CCC2[C@H](C)C(=O)O[C@@H]3O[C@]4(C)CCC1C23OO4. The van der Waals surface area contributed by atoms with E-state index in [2.05, 4.69) is 6.92 Å². The highest BCUT2D eigenvalue weighted by Gasteiger charge is 2.69. The zero-order valence-electron chi connectivity index (χ0n) is 12.3. The van der Waals surface area contributed by atoms with Crippen LogP contribution in [0.5, 0.6) is 0 Å². The first-order chi connectivity index (χ1) is 9.46. The highest BCUT2D eigenvalue weighted by molar-refractivity contribution is 5.74. The largest absolute Gasteiger partial charge is 0.432 e. The molecule has 2 bridgehead atoms. The lowest BCUT2D eigenvalue weighted by Gasteiger charge is -2.57. The summed E-state index contributed by atoms with van der Waals surface area (Å²) in [4.78, 5) is 23.7. The van der Waals surface area contributed by atoms with Gasteiger partial charge in [-0.25, -0.2) is 9.78 Å². The Morgan fingerprint density at radius 2 is 1.90 bits per heavy atom. The van der Waals surface area contributed by atoms with E-state index in [4.69, 9.17) is 19.2 Å². The molecule has 5 heteroatoms. The minimum absolute atomic E-state index is 0.123. The van der Waals surface area contributed by atoms with Crippen LogP contribution in [0.3, 0.4) is 0 Å². The fourth-order valence-electron chi connectivity index (χ4n) is 4.76. The minimum Gasteiger partial charge on any atom is -0.432 e. The third-order valence-corrected chi connectivity index (χ3v) is 5.97. The van der Waals surface area contributed by atoms with Gasteiger partial charge in [-0.2, -0.15) is 0 Å². The van der Waals surface area contributed by atoms with E-state index in [0.29, 0.717) is 11.8 Å². The number of fused-ring (bicyclic) bond motifs is 2. The molecule has 1 aliphatic carbocycles. The van der Waals surface area contributed by atoms with Crippen molar-refractivity contribution in [3.05, 3.63) is 0 Å². The van der Waals surface area contributed by atoms with Crippen molar-refractivity contribution in [2.75, 3.05) is 0 Å². The van der Waals surface area contributed by atoms with Crippen LogP contribution in [0.1, 0.15) is 46.5 Å². The van der Waals surface area contributed by atoms with Crippen molar-refractivity contribution >= 4 is 5.97 Å². The maximum absolute atomic E-state index is 12.1. The topological polar surface area (TPSA) is 54.0 Å². The lowest BCUT2D eigenvalue weighted by molar-refractivity contribution is -0.559. The molecule has 20 heavy (non-hydrogen) atoms. The number of carbonyl (C=O) groups is 1. The predicted molar refractivity (Wildman–Crippen MR) is 68.0 cm³/mol. The van der Waals surface area contributed by atoms with Crippen LogP contribution in [0, 0.1) is 23.7 Å². The van der Waals surface area contributed by atoms with Gasteiger partial charge in [-0.05, 0) is 32.1 Å². The highest BCUT2D eigenvalue weighted by atomic mass is 17.3. The third kappa shape index (κ3) is 1.46. The van der Waals surface area contributed by atoms with Crippen molar-refractivity contribution in [1.82, 2.24) is 0 Å².